The van der Waals surface area contributed by atoms with E-state index in [-0.39, 0.29) is 0 Å². The molecular weight excluding hydrogens is 216 g/mol. The first kappa shape index (κ1) is 12.9. The van der Waals surface area contributed by atoms with Crippen LogP contribution in [0.5, 0.6) is 5.75 Å². The summed E-state index contributed by atoms with van der Waals surface area (Å²) in [5.41, 5.74) is 0.463. The summed E-state index contributed by atoms with van der Waals surface area (Å²) in [4.78, 5) is 0. The molecule has 0 saturated heterocycles. The summed E-state index contributed by atoms with van der Waals surface area (Å²) in [5.74, 6) is -2.80. The van der Waals surface area contributed by atoms with Crippen LogP contribution >= 0.6 is 0 Å². The van der Waals surface area contributed by atoms with Crippen LogP contribution in [-0.2, 0) is 11.3 Å². The minimum atomic E-state index is -0.936. The smallest absolute Gasteiger partial charge is 0.187 e. The van der Waals surface area contributed by atoms with E-state index in [9.17, 15) is 8.78 Å². The Morgan fingerprint density at radius 1 is 1.31 bits per heavy atom. The second-order valence-electron chi connectivity index (χ2n) is 3.43. The molecule has 0 radical (unpaired) electrons. The van der Waals surface area contributed by atoms with Crippen molar-refractivity contribution in [3.05, 3.63) is 29.3 Å². The molecule has 0 aromatic heterocycles. The van der Waals surface area contributed by atoms with E-state index in [0.29, 0.717) is 25.3 Å². The molecule has 0 atom stereocenters. The first-order chi connectivity index (χ1) is 7.65. The molecule has 0 aliphatic heterocycles. The molecule has 0 saturated carbocycles. The van der Waals surface area contributed by atoms with Gasteiger partial charge in [0.1, 0.15) is 0 Å². The number of phenols is 1. The summed E-state index contributed by atoms with van der Waals surface area (Å²) in [6.45, 7) is 1.71. The fourth-order valence-corrected chi connectivity index (χ4v) is 1.29. The molecule has 16 heavy (non-hydrogen) atoms. The van der Waals surface area contributed by atoms with E-state index in [1.807, 2.05) is 0 Å². The highest BCUT2D eigenvalue weighted by atomic mass is 19.1. The van der Waals surface area contributed by atoms with Crippen LogP contribution in [-0.4, -0.2) is 25.4 Å². The van der Waals surface area contributed by atoms with Gasteiger partial charge < -0.3 is 15.2 Å². The average molecular weight is 231 g/mol. The molecule has 0 aliphatic rings. The zero-order valence-corrected chi connectivity index (χ0v) is 9.09. The molecule has 0 unspecified atom stereocenters. The second-order valence-corrected chi connectivity index (χ2v) is 3.43. The van der Waals surface area contributed by atoms with Gasteiger partial charge in [0, 0.05) is 20.3 Å². The van der Waals surface area contributed by atoms with E-state index < -0.39 is 17.4 Å². The Morgan fingerprint density at radius 3 is 2.50 bits per heavy atom. The fraction of sp³-hybridized carbons (Fsp3) is 0.455. The lowest BCUT2D eigenvalue weighted by Gasteiger charge is -2.06. The summed E-state index contributed by atoms with van der Waals surface area (Å²) in [7, 11) is 1.62. The van der Waals surface area contributed by atoms with Crippen molar-refractivity contribution in [3.63, 3.8) is 0 Å². The van der Waals surface area contributed by atoms with Gasteiger partial charge in [0.15, 0.2) is 17.4 Å². The average Bonchev–Trinajstić information content (AvgIpc) is 2.25. The minimum Gasteiger partial charge on any atom is -0.503 e. The lowest BCUT2D eigenvalue weighted by atomic mass is 10.2. The number of rotatable bonds is 6. The molecule has 3 nitrogen and oxygen atoms in total. The lowest BCUT2D eigenvalue weighted by Crippen LogP contribution is -2.16. The van der Waals surface area contributed by atoms with Crippen molar-refractivity contribution in [2.24, 2.45) is 0 Å². The normalized spacial score (nSPS) is 10.7. The van der Waals surface area contributed by atoms with Gasteiger partial charge in [-0.05, 0) is 30.7 Å². The van der Waals surface area contributed by atoms with Crippen LogP contribution in [0.4, 0.5) is 8.78 Å². The Kier molecular flexibility index (Phi) is 5.14. The third-order valence-corrected chi connectivity index (χ3v) is 2.11. The van der Waals surface area contributed by atoms with Crippen LogP contribution in [0.25, 0.3) is 0 Å². The third-order valence-electron chi connectivity index (χ3n) is 2.11. The Bertz CT molecular complexity index is 322. The Morgan fingerprint density at radius 2 is 1.94 bits per heavy atom. The summed E-state index contributed by atoms with van der Waals surface area (Å²) >= 11 is 0. The number of methoxy groups -OCH3 is 1. The third kappa shape index (κ3) is 3.75. The number of aromatic hydroxyl groups is 1. The van der Waals surface area contributed by atoms with Crippen molar-refractivity contribution in [3.8, 4) is 5.75 Å². The number of hydrogen-bond donors (Lipinski definition) is 2. The molecule has 0 heterocycles. The quantitative estimate of drug-likeness (QED) is 0.733. The largest absolute Gasteiger partial charge is 0.503 e. The first-order valence-electron chi connectivity index (χ1n) is 5.01. The van der Waals surface area contributed by atoms with Gasteiger partial charge in [-0.1, -0.05) is 0 Å². The molecule has 0 aliphatic carbocycles. The number of nitrogens with one attached hydrogen (secondary N) is 1. The molecule has 90 valence electrons. The van der Waals surface area contributed by atoms with E-state index in [2.05, 4.69) is 5.32 Å². The van der Waals surface area contributed by atoms with Crippen LogP contribution in [0.2, 0.25) is 0 Å². The topological polar surface area (TPSA) is 41.5 Å². The van der Waals surface area contributed by atoms with Crippen LogP contribution in [0.1, 0.15) is 12.0 Å². The van der Waals surface area contributed by atoms with Gasteiger partial charge in [-0.15, -0.1) is 0 Å². The van der Waals surface area contributed by atoms with Crippen LogP contribution in [0, 0.1) is 11.6 Å². The van der Waals surface area contributed by atoms with Gasteiger partial charge in [0.05, 0.1) is 0 Å². The Labute approximate surface area is 93.0 Å². The van der Waals surface area contributed by atoms with Crippen molar-refractivity contribution in [2.75, 3.05) is 20.3 Å². The second kappa shape index (κ2) is 6.40. The van der Waals surface area contributed by atoms with Crippen LogP contribution in [0.15, 0.2) is 12.1 Å². The number of hydrogen-bond acceptors (Lipinski definition) is 3. The molecule has 0 spiro atoms. The first-order valence-corrected chi connectivity index (χ1v) is 5.01. The van der Waals surface area contributed by atoms with E-state index >= 15 is 0 Å². The summed E-state index contributed by atoms with van der Waals surface area (Å²) in [6.07, 6.45) is 0.833. The maximum atomic E-state index is 12.9. The van der Waals surface area contributed by atoms with Gasteiger partial charge in [-0.25, -0.2) is 8.78 Å². The zero-order valence-electron chi connectivity index (χ0n) is 9.09. The molecular formula is C11H15F2NO2. The highest BCUT2D eigenvalue weighted by molar-refractivity contribution is 5.29. The molecule has 0 fully saturated rings. The maximum absolute atomic E-state index is 12.9. The van der Waals surface area contributed by atoms with Gasteiger partial charge in [-0.2, -0.15) is 0 Å². The van der Waals surface area contributed by atoms with Crippen molar-refractivity contribution < 1.29 is 18.6 Å². The molecule has 0 amide bonds. The SMILES string of the molecule is COCCCNCc1cc(F)c(O)c(F)c1. The van der Waals surface area contributed by atoms with Crippen molar-refractivity contribution in [2.45, 2.75) is 13.0 Å². The molecule has 0 bridgehead atoms. The van der Waals surface area contributed by atoms with Gasteiger partial charge in [-0.3, -0.25) is 0 Å². The minimum absolute atomic E-state index is 0.359. The Balaban J connectivity index is 2.43. The van der Waals surface area contributed by atoms with Gasteiger partial charge in [0.2, 0.25) is 0 Å². The summed E-state index contributed by atoms with van der Waals surface area (Å²) in [5, 5.41) is 11.9. The van der Waals surface area contributed by atoms with Crippen LogP contribution < -0.4 is 5.32 Å². The van der Waals surface area contributed by atoms with Crippen LogP contribution in [0.3, 0.4) is 0 Å². The monoisotopic (exact) mass is 231 g/mol. The highest BCUT2D eigenvalue weighted by Crippen LogP contribution is 2.21. The summed E-state index contributed by atoms with van der Waals surface area (Å²) < 4.78 is 30.7. The lowest BCUT2D eigenvalue weighted by molar-refractivity contribution is 0.194. The van der Waals surface area contributed by atoms with Crippen molar-refractivity contribution in [1.82, 2.24) is 5.32 Å². The maximum Gasteiger partial charge on any atom is 0.187 e. The number of ether oxygens (including phenoxy) is 1. The fourth-order valence-electron chi connectivity index (χ4n) is 1.29. The number of halogens is 2. The van der Waals surface area contributed by atoms with Gasteiger partial charge >= 0.3 is 0 Å². The Hall–Kier alpha value is -1.20. The van der Waals surface area contributed by atoms with E-state index in [1.54, 1.807) is 7.11 Å². The van der Waals surface area contributed by atoms with E-state index in [0.717, 1.165) is 18.6 Å². The van der Waals surface area contributed by atoms with E-state index in [4.69, 9.17) is 9.84 Å². The van der Waals surface area contributed by atoms with Crippen molar-refractivity contribution in [1.29, 1.82) is 0 Å². The molecule has 2 N–H and O–H groups in total. The predicted molar refractivity (Wildman–Crippen MR) is 56.2 cm³/mol. The highest BCUT2D eigenvalue weighted by Gasteiger charge is 2.08. The molecule has 1 aromatic rings. The molecule has 5 heteroatoms. The number of phenolic OH excluding ortho intramolecular Hbond substituents is 1. The van der Waals surface area contributed by atoms with Crippen molar-refractivity contribution >= 4 is 0 Å². The zero-order chi connectivity index (χ0) is 12.0. The number of benzene rings is 1. The summed E-state index contributed by atoms with van der Waals surface area (Å²) in [6, 6.07) is 2.23. The van der Waals surface area contributed by atoms with E-state index in [1.165, 1.54) is 0 Å². The predicted octanol–water partition coefficient (Wildman–Crippen LogP) is 1.80. The molecule has 1 rings (SSSR count). The standard InChI is InChI=1S/C11H15F2NO2/c1-16-4-2-3-14-7-8-5-9(12)11(15)10(13)6-8/h5-6,14-15H,2-4,7H2,1H3. The molecule has 1 aromatic carbocycles. The van der Waals surface area contributed by atoms with Gasteiger partial charge in [0.25, 0.3) is 0 Å².